The summed E-state index contributed by atoms with van der Waals surface area (Å²) < 4.78 is 18.0. The van der Waals surface area contributed by atoms with Crippen molar-refractivity contribution in [2.45, 2.75) is 12.5 Å². The smallest absolute Gasteiger partial charge is 0.338 e. The number of aliphatic hydroxyl groups excluding tert-OH is 1. The molecule has 1 atom stereocenters. The van der Waals surface area contributed by atoms with Gasteiger partial charge < -0.3 is 15.2 Å². The van der Waals surface area contributed by atoms with Crippen LogP contribution in [0.2, 0.25) is 0 Å². The van der Waals surface area contributed by atoms with Crippen molar-refractivity contribution >= 4 is 17.3 Å². The van der Waals surface area contributed by atoms with Gasteiger partial charge in [-0.15, -0.1) is 0 Å². The fraction of sp³-hybridized carbons (Fsp3) is 0.235. The molecule has 0 aliphatic rings. The summed E-state index contributed by atoms with van der Waals surface area (Å²) >= 11 is 0. The average Bonchev–Trinajstić information content (AvgIpc) is 2.60. The Hall–Kier alpha value is -3.00. The van der Waals surface area contributed by atoms with Crippen LogP contribution in [0.25, 0.3) is 0 Å². The SMILES string of the molecule is COC(=O)C(CO)(Nc1ccc(C)cc1[N+](=O)[O-])c1ccc(F)cc1. The van der Waals surface area contributed by atoms with Crippen LogP contribution in [0.1, 0.15) is 11.1 Å². The van der Waals surface area contributed by atoms with E-state index in [9.17, 15) is 24.4 Å². The first-order valence-electron chi connectivity index (χ1n) is 7.32. The molecule has 0 aromatic heterocycles. The van der Waals surface area contributed by atoms with Crippen molar-refractivity contribution in [3.05, 3.63) is 69.5 Å². The number of nitrogens with one attached hydrogen (secondary N) is 1. The van der Waals surface area contributed by atoms with Crippen molar-refractivity contribution in [2.24, 2.45) is 0 Å². The molecule has 0 bridgehead atoms. The van der Waals surface area contributed by atoms with Crippen molar-refractivity contribution in [3.8, 4) is 0 Å². The van der Waals surface area contributed by atoms with Gasteiger partial charge in [-0.25, -0.2) is 9.18 Å². The summed E-state index contributed by atoms with van der Waals surface area (Å²) in [4.78, 5) is 23.1. The molecule has 0 aliphatic carbocycles. The Balaban J connectivity index is 2.60. The molecule has 0 heterocycles. The van der Waals surface area contributed by atoms with Crippen LogP contribution < -0.4 is 5.32 Å². The molecule has 2 rings (SSSR count). The zero-order valence-corrected chi connectivity index (χ0v) is 13.7. The number of ether oxygens (including phenoxy) is 1. The molecular formula is C17H17FN2O5. The number of halogens is 1. The topological polar surface area (TPSA) is 102 Å². The summed E-state index contributed by atoms with van der Waals surface area (Å²) in [5.74, 6) is -1.39. The van der Waals surface area contributed by atoms with Crippen LogP contribution in [0.3, 0.4) is 0 Å². The van der Waals surface area contributed by atoms with E-state index in [4.69, 9.17) is 4.74 Å². The van der Waals surface area contributed by atoms with E-state index in [1.807, 2.05) is 0 Å². The zero-order valence-electron chi connectivity index (χ0n) is 13.7. The Morgan fingerprint density at radius 3 is 2.48 bits per heavy atom. The number of anilines is 1. The van der Waals surface area contributed by atoms with Gasteiger partial charge in [0.2, 0.25) is 0 Å². The van der Waals surface area contributed by atoms with Crippen molar-refractivity contribution < 1.29 is 24.0 Å². The largest absolute Gasteiger partial charge is 0.467 e. The van der Waals surface area contributed by atoms with E-state index in [2.05, 4.69) is 5.32 Å². The minimum Gasteiger partial charge on any atom is -0.467 e. The number of benzene rings is 2. The van der Waals surface area contributed by atoms with Crippen LogP contribution in [-0.4, -0.2) is 29.7 Å². The molecule has 0 spiro atoms. The van der Waals surface area contributed by atoms with E-state index in [0.717, 1.165) is 19.2 Å². The lowest BCUT2D eigenvalue weighted by Gasteiger charge is -2.31. The van der Waals surface area contributed by atoms with Gasteiger partial charge in [-0.05, 0) is 36.2 Å². The molecule has 2 N–H and O–H groups in total. The summed E-state index contributed by atoms with van der Waals surface area (Å²) in [6, 6.07) is 9.24. The molecule has 0 aliphatic heterocycles. The Labute approximate surface area is 143 Å². The van der Waals surface area contributed by atoms with E-state index in [1.54, 1.807) is 13.0 Å². The van der Waals surface area contributed by atoms with E-state index in [1.165, 1.54) is 24.3 Å². The Bertz CT molecular complexity index is 794. The highest BCUT2D eigenvalue weighted by Gasteiger charge is 2.42. The summed E-state index contributed by atoms with van der Waals surface area (Å²) in [5.41, 5.74) is -1.18. The highest BCUT2D eigenvalue weighted by Crippen LogP contribution is 2.33. The number of aryl methyl sites for hydroxylation is 1. The number of esters is 1. The monoisotopic (exact) mass is 348 g/mol. The predicted molar refractivity (Wildman–Crippen MR) is 88.6 cm³/mol. The molecule has 0 fully saturated rings. The lowest BCUT2D eigenvalue weighted by molar-refractivity contribution is -0.384. The van der Waals surface area contributed by atoms with Crippen LogP contribution in [-0.2, 0) is 15.1 Å². The van der Waals surface area contributed by atoms with Crippen LogP contribution in [0.5, 0.6) is 0 Å². The normalized spacial score (nSPS) is 13.0. The second kappa shape index (κ2) is 7.27. The molecule has 0 saturated heterocycles. The van der Waals surface area contributed by atoms with E-state index < -0.39 is 28.9 Å². The summed E-state index contributed by atoms with van der Waals surface area (Å²) in [6.45, 7) is 0.937. The highest BCUT2D eigenvalue weighted by atomic mass is 19.1. The number of nitro benzene ring substituents is 1. The zero-order chi connectivity index (χ0) is 18.6. The molecule has 8 heteroatoms. The number of carbonyl (C=O) groups is 1. The van der Waals surface area contributed by atoms with Gasteiger partial charge in [0.25, 0.3) is 5.69 Å². The third-order valence-electron chi connectivity index (χ3n) is 3.81. The molecular weight excluding hydrogens is 331 g/mol. The minimum atomic E-state index is -1.82. The molecule has 7 nitrogen and oxygen atoms in total. The maximum Gasteiger partial charge on any atom is 0.338 e. The highest BCUT2D eigenvalue weighted by molar-refractivity contribution is 5.87. The molecule has 1 unspecified atom stereocenters. The number of nitrogens with zero attached hydrogens (tertiary/aromatic N) is 1. The quantitative estimate of drug-likeness (QED) is 0.472. The maximum absolute atomic E-state index is 13.2. The van der Waals surface area contributed by atoms with E-state index in [0.29, 0.717) is 5.56 Å². The lowest BCUT2D eigenvalue weighted by Crippen LogP contribution is -2.47. The average molecular weight is 348 g/mol. The van der Waals surface area contributed by atoms with Gasteiger partial charge in [0, 0.05) is 6.07 Å². The number of methoxy groups -OCH3 is 1. The number of aliphatic hydroxyl groups is 1. The summed E-state index contributed by atoms with van der Waals surface area (Å²) in [6.07, 6.45) is 0. The first-order chi connectivity index (χ1) is 11.8. The predicted octanol–water partition coefficient (Wildman–Crippen LogP) is 2.52. The maximum atomic E-state index is 13.2. The van der Waals surface area contributed by atoms with Gasteiger partial charge >= 0.3 is 5.97 Å². The second-order valence-electron chi connectivity index (χ2n) is 5.46. The minimum absolute atomic E-state index is 0.0272. The van der Waals surface area contributed by atoms with Crippen LogP contribution in [0.15, 0.2) is 42.5 Å². The Morgan fingerprint density at radius 1 is 1.32 bits per heavy atom. The van der Waals surface area contributed by atoms with Crippen molar-refractivity contribution in [1.82, 2.24) is 0 Å². The third kappa shape index (κ3) is 3.58. The van der Waals surface area contributed by atoms with Crippen molar-refractivity contribution in [2.75, 3.05) is 19.0 Å². The van der Waals surface area contributed by atoms with Crippen molar-refractivity contribution in [3.63, 3.8) is 0 Å². The molecule has 0 amide bonds. The Kier molecular flexibility index (Phi) is 5.33. The number of hydrogen-bond acceptors (Lipinski definition) is 6. The number of rotatable bonds is 6. The first-order valence-corrected chi connectivity index (χ1v) is 7.32. The first kappa shape index (κ1) is 18.3. The third-order valence-corrected chi connectivity index (χ3v) is 3.81. The molecule has 0 saturated carbocycles. The fourth-order valence-electron chi connectivity index (χ4n) is 2.47. The lowest BCUT2D eigenvalue weighted by atomic mass is 9.90. The van der Waals surface area contributed by atoms with Crippen LogP contribution in [0, 0.1) is 22.9 Å². The van der Waals surface area contributed by atoms with Crippen molar-refractivity contribution in [1.29, 1.82) is 0 Å². The van der Waals surface area contributed by atoms with Gasteiger partial charge in [0.1, 0.15) is 11.5 Å². The Morgan fingerprint density at radius 2 is 1.96 bits per heavy atom. The second-order valence-corrected chi connectivity index (χ2v) is 5.46. The summed E-state index contributed by atoms with van der Waals surface area (Å²) in [5, 5.41) is 23.9. The van der Waals surface area contributed by atoms with Gasteiger partial charge in [0.15, 0.2) is 5.54 Å². The van der Waals surface area contributed by atoms with Gasteiger partial charge in [-0.2, -0.15) is 0 Å². The van der Waals surface area contributed by atoms with Gasteiger partial charge in [-0.1, -0.05) is 18.2 Å². The molecule has 2 aromatic carbocycles. The van der Waals surface area contributed by atoms with Crippen LogP contribution >= 0.6 is 0 Å². The fourth-order valence-corrected chi connectivity index (χ4v) is 2.47. The van der Waals surface area contributed by atoms with E-state index >= 15 is 0 Å². The van der Waals surface area contributed by atoms with Gasteiger partial charge in [-0.3, -0.25) is 10.1 Å². The molecule has 2 aromatic rings. The molecule has 0 radical (unpaired) electrons. The number of carbonyl (C=O) groups excluding carboxylic acids is 1. The summed E-state index contributed by atoms with van der Waals surface area (Å²) in [7, 11) is 1.13. The number of nitro groups is 1. The standard InChI is InChI=1S/C17H17FN2O5/c1-11-3-8-14(15(9-11)20(23)24)19-17(10-21,16(22)25-2)12-4-6-13(18)7-5-12/h3-9,19,21H,10H2,1-2H3. The molecule has 25 heavy (non-hydrogen) atoms. The van der Waals surface area contributed by atoms with E-state index in [-0.39, 0.29) is 16.9 Å². The van der Waals surface area contributed by atoms with Gasteiger partial charge in [0.05, 0.1) is 18.6 Å². The molecule has 132 valence electrons. The number of hydrogen-bond donors (Lipinski definition) is 2. The van der Waals surface area contributed by atoms with Crippen LogP contribution in [0.4, 0.5) is 15.8 Å².